The van der Waals surface area contributed by atoms with Crippen LogP contribution in [0.5, 0.6) is 0 Å². The molecular weight excluding hydrogens is 296 g/mol. The largest absolute Gasteiger partial charge is 0.380 e. The highest BCUT2D eigenvalue weighted by Crippen LogP contribution is 2.30. The minimum atomic E-state index is -0.741. The van der Waals surface area contributed by atoms with Crippen molar-refractivity contribution in [2.45, 2.75) is 26.0 Å². The minimum Gasteiger partial charge on any atom is -0.380 e. The number of aryl methyl sites for hydroxylation is 1. The number of rotatable bonds is 4. The molecule has 0 fully saturated rings. The maximum Gasteiger partial charge on any atom is 0.143 e. The number of aliphatic hydroxyl groups is 1. The van der Waals surface area contributed by atoms with Crippen molar-refractivity contribution in [2.75, 3.05) is 0 Å². The third-order valence-corrected chi connectivity index (χ3v) is 4.49. The fraction of sp³-hybridized carbons (Fsp3) is 0.190. The molecule has 1 unspecified atom stereocenters. The third-order valence-electron chi connectivity index (χ3n) is 4.49. The molecule has 3 heteroatoms. The molecule has 3 nitrogen and oxygen atoms in total. The highest BCUT2D eigenvalue weighted by atomic mass is 16.3. The molecule has 0 bridgehead atoms. The summed E-state index contributed by atoms with van der Waals surface area (Å²) in [5, 5.41) is 13.3. The van der Waals surface area contributed by atoms with Gasteiger partial charge in [-0.05, 0) is 34.9 Å². The Morgan fingerprint density at radius 3 is 2.58 bits per heavy atom. The van der Waals surface area contributed by atoms with E-state index in [0.29, 0.717) is 0 Å². The highest BCUT2D eigenvalue weighted by molar-refractivity contribution is 5.86. The number of para-hydroxylation sites is 2. The Kier molecular flexibility index (Phi) is 3.79. The average Bonchev–Trinajstić information content (AvgIpc) is 3.00. The van der Waals surface area contributed by atoms with E-state index in [4.69, 9.17) is 4.98 Å². The maximum atomic E-state index is 11.1. The molecule has 1 heterocycles. The zero-order chi connectivity index (χ0) is 16.5. The molecule has 0 aliphatic carbocycles. The standard InChI is InChI=1S/C21H20N2O/c1-2-14-23-19-13-6-5-12-18(19)22-21(23)20(24)17-11-7-9-15-8-3-4-10-16(15)17/h3-13,20,24H,2,14H2,1H3. The molecule has 0 saturated carbocycles. The van der Waals surface area contributed by atoms with Crippen molar-refractivity contribution >= 4 is 21.8 Å². The molecule has 1 aromatic heterocycles. The molecule has 0 saturated heterocycles. The predicted molar refractivity (Wildman–Crippen MR) is 98.0 cm³/mol. The van der Waals surface area contributed by atoms with E-state index < -0.39 is 6.10 Å². The summed E-state index contributed by atoms with van der Waals surface area (Å²) in [6.07, 6.45) is 0.255. The van der Waals surface area contributed by atoms with Crippen molar-refractivity contribution in [1.82, 2.24) is 9.55 Å². The fourth-order valence-corrected chi connectivity index (χ4v) is 3.39. The van der Waals surface area contributed by atoms with Gasteiger partial charge in [-0.15, -0.1) is 0 Å². The first-order valence-corrected chi connectivity index (χ1v) is 8.40. The first kappa shape index (κ1) is 14.9. The number of aromatic nitrogens is 2. The number of benzene rings is 3. The highest BCUT2D eigenvalue weighted by Gasteiger charge is 2.20. The van der Waals surface area contributed by atoms with E-state index in [1.54, 1.807) is 0 Å². The maximum absolute atomic E-state index is 11.1. The molecule has 0 aliphatic rings. The summed E-state index contributed by atoms with van der Waals surface area (Å²) >= 11 is 0. The first-order chi connectivity index (χ1) is 11.8. The van der Waals surface area contributed by atoms with Crippen LogP contribution in [-0.4, -0.2) is 14.7 Å². The second kappa shape index (κ2) is 6.10. The molecule has 0 radical (unpaired) electrons. The lowest BCUT2D eigenvalue weighted by Gasteiger charge is -2.15. The Labute approximate surface area is 141 Å². The zero-order valence-corrected chi connectivity index (χ0v) is 13.7. The zero-order valence-electron chi connectivity index (χ0n) is 13.7. The van der Waals surface area contributed by atoms with Crippen LogP contribution >= 0.6 is 0 Å². The number of imidazole rings is 1. The average molecular weight is 316 g/mol. The topological polar surface area (TPSA) is 38.0 Å². The molecule has 0 spiro atoms. The van der Waals surface area contributed by atoms with E-state index in [-0.39, 0.29) is 0 Å². The van der Waals surface area contributed by atoms with Crippen LogP contribution in [0.25, 0.3) is 21.8 Å². The first-order valence-electron chi connectivity index (χ1n) is 8.40. The molecule has 3 aromatic carbocycles. The molecule has 1 N–H and O–H groups in total. The smallest absolute Gasteiger partial charge is 0.143 e. The molecule has 4 rings (SSSR count). The number of aliphatic hydroxyl groups excluding tert-OH is 1. The monoisotopic (exact) mass is 316 g/mol. The van der Waals surface area contributed by atoms with E-state index in [0.717, 1.165) is 46.2 Å². The second-order valence-corrected chi connectivity index (χ2v) is 6.08. The summed E-state index contributed by atoms with van der Waals surface area (Å²) in [5.74, 6) is 0.717. The van der Waals surface area contributed by atoms with Crippen LogP contribution in [0.4, 0.5) is 0 Å². The van der Waals surface area contributed by atoms with E-state index in [9.17, 15) is 5.11 Å². The van der Waals surface area contributed by atoms with Crippen molar-refractivity contribution in [3.63, 3.8) is 0 Å². The van der Waals surface area contributed by atoms with Crippen molar-refractivity contribution in [3.05, 3.63) is 78.1 Å². The number of hydrogen-bond acceptors (Lipinski definition) is 2. The van der Waals surface area contributed by atoms with Crippen LogP contribution < -0.4 is 0 Å². The van der Waals surface area contributed by atoms with Crippen molar-refractivity contribution in [3.8, 4) is 0 Å². The second-order valence-electron chi connectivity index (χ2n) is 6.08. The summed E-state index contributed by atoms with van der Waals surface area (Å²) in [4.78, 5) is 4.73. The quantitative estimate of drug-likeness (QED) is 0.593. The lowest BCUT2D eigenvalue weighted by Crippen LogP contribution is -2.10. The fourth-order valence-electron chi connectivity index (χ4n) is 3.39. The summed E-state index contributed by atoms with van der Waals surface area (Å²) in [7, 11) is 0. The van der Waals surface area contributed by atoms with Gasteiger partial charge in [0.1, 0.15) is 11.9 Å². The molecule has 0 aliphatic heterocycles. The van der Waals surface area contributed by atoms with E-state index >= 15 is 0 Å². The normalized spacial score (nSPS) is 12.8. The van der Waals surface area contributed by atoms with Gasteiger partial charge in [0.15, 0.2) is 0 Å². The van der Waals surface area contributed by atoms with Crippen molar-refractivity contribution in [1.29, 1.82) is 0 Å². The van der Waals surface area contributed by atoms with Crippen LogP contribution in [0.2, 0.25) is 0 Å². The SMILES string of the molecule is CCCn1c(C(O)c2cccc3ccccc23)nc2ccccc21. The van der Waals surface area contributed by atoms with Crippen molar-refractivity contribution in [2.24, 2.45) is 0 Å². The number of nitrogens with zero attached hydrogens (tertiary/aromatic N) is 2. The molecular formula is C21H20N2O. The Morgan fingerprint density at radius 1 is 0.958 bits per heavy atom. The van der Waals surface area contributed by atoms with Gasteiger partial charge in [0.25, 0.3) is 0 Å². The van der Waals surface area contributed by atoms with E-state index in [1.807, 2.05) is 42.5 Å². The van der Waals surface area contributed by atoms with Gasteiger partial charge in [-0.1, -0.05) is 61.5 Å². The van der Waals surface area contributed by atoms with Crippen molar-refractivity contribution < 1.29 is 5.11 Å². The van der Waals surface area contributed by atoms with Gasteiger partial charge in [0, 0.05) is 6.54 Å². The van der Waals surface area contributed by atoms with E-state index in [1.165, 1.54) is 0 Å². The lowest BCUT2D eigenvalue weighted by atomic mass is 10.00. The minimum absolute atomic E-state index is 0.717. The van der Waals surface area contributed by atoms with Crippen LogP contribution in [0.3, 0.4) is 0 Å². The Hall–Kier alpha value is -2.65. The molecule has 24 heavy (non-hydrogen) atoms. The molecule has 1 atom stereocenters. The third kappa shape index (κ3) is 2.38. The summed E-state index contributed by atoms with van der Waals surface area (Å²) < 4.78 is 2.14. The Morgan fingerprint density at radius 2 is 1.71 bits per heavy atom. The molecule has 4 aromatic rings. The lowest BCUT2D eigenvalue weighted by molar-refractivity contribution is 0.206. The Balaban J connectivity index is 1.91. The number of fused-ring (bicyclic) bond motifs is 2. The summed E-state index contributed by atoms with van der Waals surface area (Å²) in [6.45, 7) is 2.99. The van der Waals surface area contributed by atoms with Crippen LogP contribution in [0.1, 0.15) is 30.8 Å². The van der Waals surface area contributed by atoms with Crippen LogP contribution in [-0.2, 0) is 6.54 Å². The van der Waals surface area contributed by atoms with Gasteiger partial charge in [0.2, 0.25) is 0 Å². The van der Waals surface area contributed by atoms with Gasteiger partial charge in [-0.3, -0.25) is 0 Å². The van der Waals surface area contributed by atoms with Gasteiger partial charge in [-0.2, -0.15) is 0 Å². The number of hydrogen-bond donors (Lipinski definition) is 1. The van der Waals surface area contributed by atoms with Crippen LogP contribution in [0, 0.1) is 0 Å². The summed E-state index contributed by atoms with van der Waals surface area (Å²) in [5.41, 5.74) is 2.91. The molecule has 0 amide bonds. The molecule has 120 valence electrons. The predicted octanol–water partition coefficient (Wildman–Crippen LogP) is 4.68. The van der Waals surface area contributed by atoms with E-state index in [2.05, 4.69) is 35.8 Å². The van der Waals surface area contributed by atoms with Gasteiger partial charge in [0.05, 0.1) is 11.0 Å². The summed E-state index contributed by atoms with van der Waals surface area (Å²) in [6, 6.07) is 22.3. The van der Waals surface area contributed by atoms with Crippen LogP contribution in [0.15, 0.2) is 66.7 Å². The Bertz CT molecular complexity index is 998. The van der Waals surface area contributed by atoms with Gasteiger partial charge >= 0.3 is 0 Å². The van der Waals surface area contributed by atoms with Gasteiger partial charge < -0.3 is 9.67 Å². The van der Waals surface area contributed by atoms with Gasteiger partial charge in [-0.25, -0.2) is 4.98 Å².